The molecule has 0 aromatic heterocycles. The van der Waals surface area contributed by atoms with Gasteiger partial charge in [-0.15, -0.1) is 0 Å². The summed E-state index contributed by atoms with van der Waals surface area (Å²) >= 11 is 0. The number of benzene rings is 2. The lowest BCUT2D eigenvalue weighted by molar-refractivity contribution is -0.119. The fraction of sp³-hybridized carbons (Fsp3) is 0.370. The zero-order valence-corrected chi connectivity index (χ0v) is 19.5. The summed E-state index contributed by atoms with van der Waals surface area (Å²) in [6.07, 6.45) is 0.868. The number of hydrogen-bond acceptors (Lipinski definition) is 6. The van der Waals surface area contributed by atoms with Crippen LogP contribution < -0.4 is 9.47 Å². The van der Waals surface area contributed by atoms with Gasteiger partial charge in [0.1, 0.15) is 24.1 Å². The standard InChI is InChI=1S/C27H27FN2O4/c1-4-32-22-11-16(9-10-21(22)33-15-17-7-5-6-8-19(17)28)24-18(14-29)26(30)34-23-13-27(2,3)12-20(31)25(23)24/h5-11,18,24,30H,4,12-13,15H2,1-3H3. The Hall–Kier alpha value is -3.66. The number of carbonyl (C=O) groups excluding carboxylic acids is 1. The summed E-state index contributed by atoms with van der Waals surface area (Å²) in [6, 6.07) is 13.7. The Morgan fingerprint density at radius 3 is 2.65 bits per heavy atom. The molecule has 176 valence electrons. The second kappa shape index (κ2) is 9.30. The van der Waals surface area contributed by atoms with Crippen molar-refractivity contribution in [2.75, 3.05) is 6.61 Å². The number of nitrogens with zero attached hydrogens (tertiary/aromatic N) is 1. The second-order valence-corrected chi connectivity index (χ2v) is 9.35. The molecular weight excluding hydrogens is 435 g/mol. The van der Waals surface area contributed by atoms with Crippen molar-refractivity contribution < 1.29 is 23.4 Å². The third kappa shape index (κ3) is 4.54. The van der Waals surface area contributed by atoms with Crippen LogP contribution in [0.3, 0.4) is 0 Å². The second-order valence-electron chi connectivity index (χ2n) is 9.35. The molecule has 2 aromatic rings. The van der Waals surface area contributed by atoms with Crippen molar-refractivity contribution in [1.82, 2.24) is 0 Å². The van der Waals surface area contributed by atoms with Crippen LogP contribution in [0.25, 0.3) is 0 Å². The zero-order chi connectivity index (χ0) is 24.5. The third-order valence-electron chi connectivity index (χ3n) is 6.15. The van der Waals surface area contributed by atoms with Crippen molar-refractivity contribution in [2.24, 2.45) is 11.3 Å². The molecule has 1 N–H and O–H groups in total. The van der Waals surface area contributed by atoms with E-state index in [1.165, 1.54) is 6.07 Å². The van der Waals surface area contributed by atoms with Gasteiger partial charge in [-0.2, -0.15) is 5.26 Å². The Balaban J connectivity index is 1.72. The van der Waals surface area contributed by atoms with E-state index < -0.39 is 11.8 Å². The van der Waals surface area contributed by atoms with E-state index in [2.05, 4.69) is 6.07 Å². The minimum absolute atomic E-state index is 0.0255. The van der Waals surface area contributed by atoms with Gasteiger partial charge in [-0.25, -0.2) is 4.39 Å². The third-order valence-corrected chi connectivity index (χ3v) is 6.15. The first kappa shape index (κ1) is 23.5. The van der Waals surface area contributed by atoms with E-state index in [-0.39, 0.29) is 29.5 Å². The number of hydrogen-bond donors (Lipinski definition) is 1. The fourth-order valence-electron chi connectivity index (χ4n) is 4.60. The molecule has 2 aliphatic rings. The Labute approximate surface area is 198 Å². The van der Waals surface area contributed by atoms with Crippen LogP contribution in [0.4, 0.5) is 4.39 Å². The molecule has 0 radical (unpaired) electrons. The van der Waals surface area contributed by atoms with Gasteiger partial charge in [0.2, 0.25) is 5.90 Å². The molecule has 7 heteroatoms. The van der Waals surface area contributed by atoms with Gasteiger partial charge in [0.05, 0.1) is 12.7 Å². The van der Waals surface area contributed by atoms with Gasteiger partial charge in [0, 0.05) is 29.9 Å². The van der Waals surface area contributed by atoms with Crippen molar-refractivity contribution in [3.8, 4) is 17.6 Å². The lowest BCUT2D eigenvalue weighted by atomic mass is 9.68. The number of nitriles is 1. The predicted molar refractivity (Wildman–Crippen MR) is 124 cm³/mol. The van der Waals surface area contributed by atoms with Gasteiger partial charge in [-0.05, 0) is 36.1 Å². The Kier molecular flexibility index (Phi) is 6.43. The van der Waals surface area contributed by atoms with Crippen molar-refractivity contribution in [1.29, 1.82) is 10.7 Å². The molecule has 2 atom stereocenters. The van der Waals surface area contributed by atoms with Gasteiger partial charge in [0.25, 0.3) is 0 Å². The largest absolute Gasteiger partial charge is 0.490 e. The molecule has 0 bridgehead atoms. The van der Waals surface area contributed by atoms with E-state index in [4.69, 9.17) is 19.6 Å². The molecule has 0 spiro atoms. The minimum Gasteiger partial charge on any atom is -0.490 e. The van der Waals surface area contributed by atoms with Crippen molar-refractivity contribution in [3.05, 3.63) is 70.7 Å². The molecule has 2 unspecified atom stereocenters. The van der Waals surface area contributed by atoms with Crippen LogP contribution in [0.1, 0.15) is 50.7 Å². The molecule has 1 aliphatic carbocycles. The monoisotopic (exact) mass is 462 g/mol. The van der Waals surface area contributed by atoms with Gasteiger partial charge < -0.3 is 14.2 Å². The average Bonchev–Trinajstić information content (AvgIpc) is 2.77. The number of Topliss-reactive ketones (excluding diaryl/α,β-unsaturated/α-hetero) is 1. The number of rotatable bonds is 6. The van der Waals surface area contributed by atoms with Gasteiger partial charge in [0.15, 0.2) is 17.3 Å². The first-order valence-electron chi connectivity index (χ1n) is 11.3. The highest BCUT2D eigenvalue weighted by Gasteiger charge is 2.46. The van der Waals surface area contributed by atoms with Crippen LogP contribution in [0.2, 0.25) is 0 Å². The summed E-state index contributed by atoms with van der Waals surface area (Å²) in [6.45, 7) is 6.20. The molecule has 0 saturated heterocycles. The van der Waals surface area contributed by atoms with Crippen molar-refractivity contribution in [2.45, 2.75) is 46.1 Å². The predicted octanol–water partition coefficient (Wildman–Crippen LogP) is 5.68. The van der Waals surface area contributed by atoms with Crippen molar-refractivity contribution in [3.63, 3.8) is 0 Å². The quantitative estimate of drug-likeness (QED) is 0.596. The molecular formula is C27H27FN2O4. The van der Waals surface area contributed by atoms with Gasteiger partial charge in [-0.3, -0.25) is 10.2 Å². The summed E-state index contributed by atoms with van der Waals surface area (Å²) in [4.78, 5) is 13.2. The summed E-state index contributed by atoms with van der Waals surface area (Å²) < 4.78 is 31.3. The highest BCUT2D eigenvalue weighted by Crippen LogP contribution is 2.48. The summed E-state index contributed by atoms with van der Waals surface area (Å²) in [5, 5.41) is 18.2. The fourth-order valence-corrected chi connectivity index (χ4v) is 4.60. The SMILES string of the molecule is CCOc1cc(C2C3=C(CC(C)(C)CC3=O)OC(=N)C2C#N)ccc1OCc1ccccc1F. The van der Waals surface area contributed by atoms with E-state index in [9.17, 15) is 14.4 Å². The van der Waals surface area contributed by atoms with Crippen LogP contribution >= 0.6 is 0 Å². The summed E-state index contributed by atoms with van der Waals surface area (Å²) in [5.74, 6) is -0.815. The molecule has 34 heavy (non-hydrogen) atoms. The van der Waals surface area contributed by atoms with Crippen LogP contribution in [0.15, 0.2) is 53.8 Å². The molecule has 4 rings (SSSR count). The topological polar surface area (TPSA) is 92.4 Å². The summed E-state index contributed by atoms with van der Waals surface area (Å²) in [7, 11) is 0. The number of ketones is 1. The molecule has 0 saturated carbocycles. The van der Waals surface area contributed by atoms with Gasteiger partial charge >= 0.3 is 0 Å². The molecule has 1 heterocycles. The van der Waals surface area contributed by atoms with Crippen LogP contribution in [0, 0.1) is 33.9 Å². The number of halogens is 1. The van der Waals surface area contributed by atoms with E-state index >= 15 is 0 Å². The maximum Gasteiger partial charge on any atom is 0.205 e. The Bertz CT molecular complexity index is 1210. The Morgan fingerprint density at radius 1 is 1.18 bits per heavy atom. The van der Waals surface area contributed by atoms with E-state index in [0.29, 0.717) is 53.4 Å². The zero-order valence-electron chi connectivity index (χ0n) is 19.5. The first-order chi connectivity index (χ1) is 16.2. The molecule has 2 aromatic carbocycles. The number of nitrogens with one attached hydrogen (secondary N) is 1. The lowest BCUT2D eigenvalue weighted by Gasteiger charge is -2.39. The summed E-state index contributed by atoms with van der Waals surface area (Å²) in [5.41, 5.74) is 1.27. The lowest BCUT2D eigenvalue weighted by Crippen LogP contribution is -2.38. The van der Waals surface area contributed by atoms with Gasteiger partial charge in [-0.1, -0.05) is 38.1 Å². The first-order valence-corrected chi connectivity index (χ1v) is 11.3. The minimum atomic E-state index is -0.927. The van der Waals surface area contributed by atoms with Crippen molar-refractivity contribution >= 4 is 11.7 Å². The molecule has 1 aliphatic heterocycles. The smallest absolute Gasteiger partial charge is 0.205 e. The Morgan fingerprint density at radius 2 is 1.94 bits per heavy atom. The maximum absolute atomic E-state index is 14.0. The van der Waals surface area contributed by atoms with Crippen LogP contribution in [-0.2, 0) is 16.1 Å². The number of ether oxygens (including phenoxy) is 3. The number of allylic oxidation sites excluding steroid dienone is 2. The molecule has 6 nitrogen and oxygen atoms in total. The van der Waals surface area contributed by atoms with Crippen LogP contribution in [0.5, 0.6) is 11.5 Å². The maximum atomic E-state index is 14.0. The molecule has 0 amide bonds. The van der Waals surface area contributed by atoms with Crippen LogP contribution in [-0.4, -0.2) is 18.3 Å². The van der Waals surface area contributed by atoms with E-state index in [1.807, 2.05) is 20.8 Å². The molecule has 0 fully saturated rings. The normalized spacial score (nSPS) is 21.4. The highest BCUT2D eigenvalue weighted by molar-refractivity contribution is 6.01. The van der Waals surface area contributed by atoms with E-state index in [0.717, 1.165) is 0 Å². The van der Waals surface area contributed by atoms with E-state index in [1.54, 1.807) is 36.4 Å². The highest BCUT2D eigenvalue weighted by atomic mass is 19.1. The average molecular weight is 463 g/mol. The number of carbonyl (C=O) groups is 1.